The molecule has 0 aliphatic carbocycles. The average molecular weight is 357 g/mol. The van der Waals surface area contributed by atoms with Gasteiger partial charge >= 0.3 is 0 Å². The predicted molar refractivity (Wildman–Crippen MR) is 97.8 cm³/mol. The molecule has 0 radical (unpaired) electrons. The fourth-order valence-electron chi connectivity index (χ4n) is 2.06. The highest BCUT2D eigenvalue weighted by Crippen LogP contribution is 2.05. The summed E-state index contributed by atoms with van der Waals surface area (Å²) in [5.74, 6) is 0.228. The maximum absolute atomic E-state index is 12.0. The van der Waals surface area contributed by atoms with E-state index in [4.69, 9.17) is 0 Å². The van der Waals surface area contributed by atoms with Gasteiger partial charge in [0.25, 0.3) is 0 Å². The molecule has 0 spiro atoms. The number of aliphatic hydroxyl groups is 1. The summed E-state index contributed by atoms with van der Waals surface area (Å²) in [6, 6.07) is 0. The third-order valence-corrected chi connectivity index (χ3v) is 4.06. The van der Waals surface area contributed by atoms with Crippen LogP contribution in [0.1, 0.15) is 53.4 Å². The third kappa shape index (κ3) is 12.4. The first-order valence-electron chi connectivity index (χ1n) is 9.11. The number of hydrogen-bond acceptors (Lipinski definition) is 4. The molecule has 25 heavy (non-hydrogen) atoms. The number of nitrogens with zero attached hydrogens (tertiary/aromatic N) is 1. The van der Waals surface area contributed by atoms with E-state index in [-0.39, 0.29) is 37.4 Å². The van der Waals surface area contributed by atoms with Crippen LogP contribution in [-0.4, -0.2) is 60.5 Å². The van der Waals surface area contributed by atoms with Gasteiger partial charge in [0, 0.05) is 33.0 Å². The van der Waals surface area contributed by atoms with Gasteiger partial charge in [0.15, 0.2) is 0 Å². The summed E-state index contributed by atoms with van der Waals surface area (Å²) < 4.78 is 0. The Kier molecular flexibility index (Phi) is 11.9. The zero-order valence-corrected chi connectivity index (χ0v) is 16.3. The number of aliphatic hydroxyl groups excluding tert-OH is 1. The van der Waals surface area contributed by atoms with E-state index < -0.39 is 6.10 Å². The Hall–Kier alpha value is -1.63. The van der Waals surface area contributed by atoms with E-state index in [2.05, 4.69) is 10.6 Å². The zero-order chi connectivity index (χ0) is 19.4. The SMILES string of the molecule is CCC(C)CC(=O)NCC(O)CN(C)C(=O)CNC(=O)CCC(C)C. The molecule has 3 N–H and O–H groups in total. The lowest BCUT2D eigenvalue weighted by molar-refractivity contribution is -0.132. The van der Waals surface area contributed by atoms with Gasteiger partial charge in [0.05, 0.1) is 12.6 Å². The van der Waals surface area contributed by atoms with Gasteiger partial charge in [-0.15, -0.1) is 0 Å². The number of carbonyl (C=O) groups excluding carboxylic acids is 3. The van der Waals surface area contributed by atoms with E-state index in [0.717, 1.165) is 12.8 Å². The van der Waals surface area contributed by atoms with Crippen LogP contribution in [0.15, 0.2) is 0 Å². The highest BCUT2D eigenvalue weighted by Gasteiger charge is 2.16. The predicted octanol–water partition coefficient (Wildman–Crippen LogP) is 0.911. The normalized spacial score (nSPS) is 13.2. The number of hydrogen-bond donors (Lipinski definition) is 3. The van der Waals surface area contributed by atoms with Gasteiger partial charge in [-0.3, -0.25) is 14.4 Å². The van der Waals surface area contributed by atoms with E-state index in [1.807, 2.05) is 27.7 Å². The summed E-state index contributed by atoms with van der Waals surface area (Å²) in [6.45, 7) is 8.22. The molecule has 7 nitrogen and oxygen atoms in total. The first-order valence-corrected chi connectivity index (χ1v) is 9.11. The van der Waals surface area contributed by atoms with E-state index in [1.165, 1.54) is 4.90 Å². The van der Waals surface area contributed by atoms with Gasteiger partial charge in [-0.2, -0.15) is 0 Å². The molecule has 0 fully saturated rings. The van der Waals surface area contributed by atoms with Crippen LogP contribution in [0.3, 0.4) is 0 Å². The molecule has 2 atom stereocenters. The Morgan fingerprint density at radius 3 is 2.28 bits per heavy atom. The maximum Gasteiger partial charge on any atom is 0.241 e. The first kappa shape index (κ1) is 23.4. The van der Waals surface area contributed by atoms with Crippen molar-refractivity contribution in [1.29, 1.82) is 0 Å². The minimum atomic E-state index is -0.841. The molecule has 0 saturated heterocycles. The molecular formula is C18H35N3O4. The second-order valence-corrected chi connectivity index (χ2v) is 7.16. The summed E-state index contributed by atoms with van der Waals surface area (Å²) >= 11 is 0. The topological polar surface area (TPSA) is 98.7 Å². The monoisotopic (exact) mass is 357 g/mol. The van der Waals surface area contributed by atoms with Crippen molar-refractivity contribution in [2.45, 2.75) is 59.5 Å². The van der Waals surface area contributed by atoms with E-state index >= 15 is 0 Å². The molecule has 0 rings (SSSR count). The van der Waals surface area contributed by atoms with Crippen molar-refractivity contribution in [1.82, 2.24) is 15.5 Å². The second kappa shape index (κ2) is 12.7. The van der Waals surface area contributed by atoms with Gasteiger partial charge in [-0.05, 0) is 18.3 Å². The van der Waals surface area contributed by atoms with Crippen LogP contribution in [-0.2, 0) is 14.4 Å². The van der Waals surface area contributed by atoms with Crippen molar-refractivity contribution >= 4 is 17.7 Å². The second-order valence-electron chi connectivity index (χ2n) is 7.16. The summed E-state index contributed by atoms with van der Waals surface area (Å²) in [5.41, 5.74) is 0. The molecule has 0 aliphatic heterocycles. The number of carbonyl (C=O) groups is 3. The lowest BCUT2D eigenvalue weighted by Gasteiger charge is -2.21. The van der Waals surface area contributed by atoms with Crippen molar-refractivity contribution in [3.63, 3.8) is 0 Å². The third-order valence-electron chi connectivity index (χ3n) is 4.06. The van der Waals surface area contributed by atoms with Crippen molar-refractivity contribution in [2.24, 2.45) is 11.8 Å². The van der Waals surface area contributed by atoms with Crippen LogP contribution < -0.4 is 10.6 Å². The molecule has 0 aliphatic rings. The minimum absolute atomic E-state index is 0.0828. The van der Waals surface area contributed by atoms with Gasteiger partial charge < -0.3 is 20.6 Å². The molecular weight excluding hydrogens is 322 g/mol. The molecule has 0 aromatic heterocycles. The summed E-state index contributed by atoms with van der Waals surface area (Å²) in [6.07, 6.45) is 1.70. The van der Waals surface area contributed by atoms with Crippen LogP contribution in [0.5, 0.6) is 0 Å². The van der Waals surface area contributed by atoms with Crippen LogP contribution in [0.4, 0.5) is 0 Å². The van der Waals surface area contributed by atoms with Crippen molar-refractivity contribution in [3.8, 4) is 0 Å². The van der Waals surface area contributed by atoms with Crippen LogP contribution in [0.2, 0.25) is 0 Å². The van der Waals surface area contributed by atoms with E-state index in [9.17, 15) is 19.5 Å². The molecule has 7 heteroatoms. The van der Waals surface area contributed by atoms with E-state index in [0.29, 0.717) is 24.7 Å². The van der Waals surface area contributed by atoms with E-state index in [1.54, 1.807) is 7.05 Å². The van der Waals surface area contributed by atoms with Gasteiger partial charge in [0.1, 0.15) is 0 Å². The number of rotatable bonds is 12. The zero-order valence-electron chi connectivity index (χ0n) is 16.3. The number of nitrogens with one attached hydrogen (secondary N) is 2. The summed E-state index contributed by atoms with van der Waals surface area (Å²) in [7, 11) is 1.56. The van der Waals surface area contributed by atoms with Gasteiger partial charge in [-0.1, -0.05) is 34.1 Å². The lowest BCUT2D eigenvalue weighted by atomic mass is 10.1. The molecule has 0 aromatic carbocycles. The lowest BCUT2D eigenvalue weighted by Crippen LogP contribution is -2.44. The molecule has 0 heterocycles. The first-order chi connectivity index (χ1) is 11.6. The number of amides is 3. The standard InChI is InChI=1S/C18H35N3O4/c1-6-14(4)9-17(24)19-10-15(22)12-21(5)18(25)11-20-16(23)8-7-13(2)3/h13-15,22H,6-12H2,1-5H3,(H,19,24)(H,20,23). The highest BCUT2D eigenvalue weighted by molar-refractivity contribution is 5.84. The van der Waals surface area contributed by atoms with Crippen molar-refractivity contribution in [3.05, 3.63) is 0 Å². The van der Waals surface area contributed by atoms with Crippen molar-refractivity contribution in [2.75, 3.05) is 26.7 Å². The fraction of sp³-hybridized carbons (Fsp3) is 0.833. The van der Waals surface area contributed by atoms with Crippen LogP contribution in [0, 0.1) is 11.8 Å². The largest absolute Gasteiger partial charge is 0.389 e. The Labute approximate surface area is 151 Å². The summed E-state index contributed by atoms with van der Waals surface area (Å²) in [4.78, 5) is 36.6. The fourth-order valence-corrected chi connectivity index (χ4v) is 2.06. The molecule has 3 amide bonds. The molecule has 0 saturated carbocycles. The Morgan fingerprint density at radius 1 is 1.08 bits per heavy atom. The van der Waals surface area contributed by atoms with Crippen LogP contribution in [0.25, 0.3) is 0 Å². The minimum Gasteiger partial charge on any atom is -0.389 e. The van der Waals surface area contributed by atoms with Gasteiger partial charge in [0.2, 0.25) is 17.7 Å². The Bertz CT molecular complexity index is 427. The summed E-state index contributed by atoms with van der Waals surface area (Å²) in [5, 5.41) is 15.2. The van der Waals surface area contributed by atoms with Crippen molar-refractivity contribution < 1.29 is 19.5 Å². The highest BCUT2D eigenvalue weighted by atomic mass is 16.3. The Morgan fingerprint density at radius 2 is 1.72 bits per heavy atom. The quantitative estimate of drug-likeness (QED) is 0.483. The maximum atomic E-state index is 12.0. The number of likely N-dealkylation sites (N-methyl/N-ethyl adjacent to an activating group) is 1. The van der Waals surface area contributed by atoms with Crippen LogP contribution >= 0.6 is 0 Å². The smallest absolute Gasteiger partial charge is 0.241 e. The molecule has 0 bridgehead atoms. The molecule has 146 valence electrons. The Balaban J connectivity index is 4.01. The molecule has 0 aromatic rings. The van der Waals surface area contributed by atoms with Gasteiger partial charge in [-0.25, -0.2) is 0 Å². The molecule has 2 unspecified atom stereocenters. The average Bonchev–Trinajstić information content (AvgIpc) is 2.55.